The highest BCUT2D eigenvalue weighted by atomic mass is 16.6. The molecule has 1 aromatic heterocycles. The first-order chi connectivity index (χ1) is 9.54. The van der Waals surface area contributed by atoms with Crippen LogP contribution in [-0.2, 0) is 4.79 Å². The number of hydrogen-bond donors (Lipinski definition) is 1. The minimum absolute atomic E-state index is 0.246. The monoisotopic (exact) mass is 272 g/mol. The molecule has 102 valence electrons. The predicted molar refractivity (Wildman–Crippen MR) is 74.2 cm³/mol. The lowest BCUT2D eigenvalue weighted by molar-refractivity contribution is -0.402. The second kappa shape index (κ2) is 5.83. The number of amides is 1. The third-order valence-corrected chi connectivity index (χ3v) is 2.51. The van der Waals surface area contributed by atoms with Gasteiger partial charge in [-0.05, 0) is 31.2 Å². The van der Waals surface area contributed by atoms with Crippen molar-refractivity contribution in [3.63, 3.8) is 0 Å². The molecule has 6 heteroatoms. The van der Waals surface area contributed by atoms with Gasteiger partial charge in [-0.2, -0.15) is 0 Å². The van der Waals surface area contributed by atoms with Crippen LogP contribution in [0.2, 0.25) is 0 Å². The molecular weight excluding hydrogens is 260 g/mol. The van der Waals surface area contributed by atoms with Crippen LogP contribution in [0.5, 0.6) is 0 Å². The molecule has 0 spiro atoms. The molecule has 0 saturated heterocycles. The number of anilines is 1. The van der Waals surface area contributed by atoms with Crippen LogP contribution >= 0.6 is 0 Å². The van der Waals surface area contributed by atoms with Gasteiger partial charge in [0.25, 0.3) is 0 Å². The smallest absolute Gasteiger partial charge is 0.401 e. The number of nitrogens with one attached hydrogen (secondary N) is 1. The molecule has 0 unspecified atom stereocenters. The van der Waals surface area contributed by atoms with E-state index in [4.69, 9.17) is 4.42 Å². The van der Waals surface area contributed by atoms with Crippen molar-refractivity contribution in [2.45, 2.75) is 6.92 Å². The van der Waals surface area contributed by atoms with Crippen LogP contribution in [0.1, 0.15) is 11.3 Å². The van der Waals surface area contributed by atoms with Gasteiger partial charge >= 0.3 is 5.88 Å². The van der Waals surface area contributed by atoms with Crippen molar-refractivity contribution in [3.8, 4) is 0 Å². The van der Waals surface area contributed by atoms with E-state index < -0.39 is 4.92 Å². The summed E-state index contributed by atoms with van der Waals surface area (Å²) in [4.78, 5) is 21.4. The fourth-order valence-corrected chi connectivity index (χ4v) is 1.51. The van der Waals surface area contributed by atoms with Gasteiger partial charge in [-0.3, -0.25) is 14.9 Å². The van der Waals surface area contributed by atoms with Gasteiger partial charge in [-0.15, -0.1) is 0 Å². The summed E-state index contributed by atoms with van der Waals surface area (Å²) in [6.07, 6.45) is 2.62. The predicted octanol–water partition coefficient (Wildman–Crippen LogP) is 3.15. The summed E-state index contributed by atoms with van der Waals surface area (Å²) in [5.74, 6) is -0.452. The number of nitro groups is 1. The van der Waals surface area contributed by atoms with E-state index in [1.807, 2.05) is 19.1 Å². The number of rotatable bonds is 4. The van der Waals surface area contributed by atoms with Crippen molar-refractivity contribution in [2.24, 2.45) is 0 Å². The summed E-state index contributed by atoms with van der Waals surface area (Å²) in [6, 6.07) is 10.0. The van der Waals surface area contributed by atoms with Crippen LogP contribution in [-0.4, -0.2) is 10.8 Å². The average Bonchev–Trinajstić information content (AvgIpc) is 2.88. The summed E-state index contributed by atoms with van der Waals surface area (Å²) in [5, 5.41) is 13.1. The first-order valence-electron chi connectivity index (χ1n) is 5.84. The Balaban J connectivity index is 1.98. The first kappa shape index (κ1) is 13.5. The van der Waals surface area contributed by atoms with Gasteiger partial charge in [0.1, 0.15) is 10.7 Å². The van der Waals surface area contributed by atoms with E-state index in [0.717, 1.165) is 5.56 Å². The third kappa shape index (κ3) is 3.55. The average molecular weight is 272 g/mol. The number of hydrogen-bond acceptors (Lipinski definition) is 4. The molecule has 1 amide bonds. The van der Waals surface area contributed by atoms with E-state index in [1.165, 1.54) is 24.3 Å². The Morgan fingerprint density at radius 1 is 1.25 bits per heavy atom. The van der Waals surface area contributed by atoms with Gasteiger partial charge in [-0.25, -0.2) is 0 Å². The Bertz CT molecular complexity index is 656. The second-order valence-electron chi connectivity index (χ2n) is 4.12. The van der Waals surface area contributed by atoms with Crippen LogP contribution in [0.4, 0.5) is 11.6 Å². The van der Waals surface area contributed by atoms with E-state index in [1.54, 1.807) is 12.1 Å². The molecule has 0 bridgehead atoms. The Morgan fingerprint density at radius 2 is 1.95 bits per heavy atom. The summed E-state index contributed by atoms with van der Waals surface area (Å²) in [5.41, 5.74) is 1.78. The Hall–Kier alpha value is -2.89. The molecule has 0 radical (unpaired) electrons. The fourth-order valence-electron chi connectivity index (χ4n) is 1.51. The lowest BCUT2D eigenvalue weighted by atomic mass is 10.2. The van der Waals surface area contributed by atoms with Crippen molar-refractivity contribution < 1.29 is 14.1 Å². The lowest BCUT2D eigenvalue weighted by Gasteiger charge is -2.01. The number of aryl methyl sites for hydroxylation is 1. The van der Waals surface area contributed by atoms with Crippen LogP contribution in [0, 0.1) is 17.0 Å². The molecule has 0 aliphatic heterocycles. The normalized spacial score (nSPS) is 10.7. The molecular formula is C14H12N2O4. The molecule has 1 heterocycles. The zero-order valence-corrected chi connectivity index (χ0v) is 10.7. The SMILES string of the molecule is Cc1ccc(NC(=O)/C=C/c2ccc([N+](=O)[O-])o2)cc1. The molecule has 2 rings (SSSR count). The number of carbonyl (C=O) groups excluding carboxylic acids is 1. The zero-order chi connectivity index (χ0) is 14.5. The molecule has 20 heavy (non-hydrogen) atoms. The van der Waals surface area contributed by atoms with E-state index >= 15 is 0 Å². The Kier molecular flexibility index (Phi) is 3.95. The Morgan fingerprint density at radius 3 is 2.55 bits per heavy atom. The lowest BCUT2D eigenvalue weighted by Crippen LogP contribution is -2.07. The largest absolute Gasteiger partial charge is 0.433 e. The third-order valence-electron chi connectivity index (χ3n) is 2.51. The summed E-state index contributed by atoms with van der Waals surface area (Å²) in [6.45, 7) is 1.95. The second-order valence-corrected chi connectivity index (χ2v) is 4.12. The van der Waals surface area contributed by atoms with E-state index in [-0.39, 0.29) is 17.6 Å². The molecule has 1 aromatic carbocycles. The molecule has 2 aromatic rings. The maximum atomic E-state index is 11.6. The van der Waals surface area contributed by atoms with Gasteiger partial charge in [0.05, 0.1) is 6.07 Å². The standard InChI is InChI=1S/C14H12N2O4/c1-10-2-4-11(5-3-10)15-13(17)8-6-12-7-9-14(20-12)16(18)19/h2-9H,1H3,(H,15,17)/b8-6+. The van der Waals surface area contributed by atoms with Crippen molar-refractivity contribution >= 4 is 23.6 Å². The van der Waals surface area contributed by atoms with E-state index in [2.05, 4.69) is 5.32 Å². The topological polar surface area (TPSA) is 85.4 Å². The van der Waals surface area contributed by atoms with Crippen LogP contribution in [0.25, 0.3) is 6.08 Å². The summed E-state index contributed by atoms with van der Waals surface area (Å²) < 4.78 is 4.90. The van der Waals surface area contributed by atoms with E-state index in [0.29, 0.717) is 5.69 Å². The van der Waals surface area contributed by atoms with Crippen molar-refractivity contribution in [1.82, 2.24) is 0 Å². The van der Waals surface area contributed by atoms with Crippen molar-refractivity contribution in [1.29, 1.82) is 0 Å². The van der Waals surface area contributed by atoms with Crippen LogP contribution < -0.4 is 5.32 Å². The quantitative estimate of drug-likeness (QED) is 0.526. The molecule has 0 aliphatic carbocycles. The molecule has 0 fully saturated rings. The van der Waals surface area contributed by atoms with Gasteiger partial charge in [-0.1, -0.05) is 17.7 Å². The van der Waals surface area contributed by atoms with E-state index in [9.17, 15) is 14.9 Å². The maximum Gasteiger partial charge on any atom is 0.433 e. The summed E-state index contributed by atoms with van der Waals surface area (Å²) in [7, 11) is 0. The van der Waals surface area contributed by atoms with Gasteiger partial charge in [0, 0.05) is 11.8 Å². The molecule has 1 N–H and O–H groups in total. The highest BCUT2D eigenvalue weighted by Gasteiger charge is 2.10. The first-order valence-corrected chi connectivity index (χ1v) is 5.84. The number of nitrogens with zero attached hydrogens (tertiary/aromatic N) is 1. The minimum Gasteiger partial charge on any atom is -0.401 e. The van der Waals surface area contributed by atoms with Crippen LogP contribution in [0.3, 0.4) is 0 Å². The Labute approximate surface area is 114 Å². The zero-order valence-electron chi connectivity index (χ0n) is 10.7. The summed E-state index contributed by atoms with van der Waals surface area (Å²) >= 11 is 0. The maximum absolute atomic E-state index is 11.6. The highest BCUT2D eigenvalue weighted by Crippen LogP contribution is 2.16. The van der Waals surface area contributed by atoms with Crippen molar-refractivity contribution in [2.75, 3.05) is 5.32 Å². The van der Waals surface area contributed by atoms with Gasteiger partial charge in [0.15, 0.2) is 0 Å². The fraction of sp³-hybridized carbons (Fsp3) is 0.0714. The highest BCUT2D eigenvalue weighted by molar-refractivity contribution is 6.01. The van der Waals surface area contributed by atoms with Crippen molar-refractivity contribution in [3.05, 3.63) is 63.9 Å². The molecule has 0 atom stereocenters. The van der Waals surface area contributed by atoms with Gasteiger partial charge < -0.3 is 9.73 Å². The molecule has 6 nitrogen and oxygen atoms in total. The number of benzene rings is 1. The number of carbonyl (C=O) groups is 1. The van der Waals surface area contributed by atoms with Crippen LogP contribution in [0.15, 0.2) is 46.9 Å². The van der Waals surface area contributed by atoms with Gasteiger partial charge in [0.2, 0.25) is 5.91 Å². The number of furan rings is 1. The molecule has 0 aliphatic rings. The minimum atomic E-state index is -0.635. The molecule has 0 saturated carbocycles.